The van der Waals surface area contributed by atoms with E-state index in [1.54, 1.807) is 12.4 Å². The second-order valence-electron chi connectivity index (χ2n) is 10.2. The molecule has 0 saturated heterocycles. The normalized spacial score (nSPS) is 16.9. The number of nitrogens with zero attached hydrogens (tertiary/aromatic N) is 4. The SMILES string of the molecule is Cc1cc(N)nc(-c2cc3c4c(c2Cl)=NCNC=4N(C(C)c2cncc(NCC4CC4)c2)C=CO3)c1C(F)(F)F. The van der Waals surface area contributed by atoms with E-state index in [2.05, 4.69) is 31.7 Å². The molecule has 0 spiro atoms. The lowest BCUT2D eigenvalue weighted by Gasteiger charge is -2.31. The molecule has 0 amide bonds. The summed E-state index contributed by atoms with van der Waals surface area (Å²) in [5, 5.41) is 7.65. The largest absolute Gasteiger partial charge is 0.463 e. The summed E-state index contributed by atoms with van der Waals surface area (Å²) in [6.45, 7) is 4.46. The van der Waals surface area contributed by atoms with Gasteiger partial charge in [0.25, 0.3) is 0 Å². The van der Waals surface area contributed by atoms with Crippen LogP contribution in [0.2, 0.25) is 5.02 Å². The van der Waals surface area contributed by atoms with Crippen molar-refractivity contribution >= 4 is 28.9 Å². The van der Waals surface area contributed by atoms with Crippen molar-refractivity contribution < 1.29 is 17.9 Å². The third-order valence-corrected chi connectivity index (χ3v) is 7.71. The monoisotopic (exact) mass is 569 g/mol. The Kier molecular flexibility index (Phi) is 6.48. The van der Waals surface area contributed by atoms with Gasteiger partial charge in [0.2, 0.25) is 0 Å². The van der Waals surface area contributed by atoms with E-state index < -0.39 is 11.7 Å². The van der Waals surface area contributed by atoms with E-state index in [1.807, 2.05) is 18.0 Å². The average Bonchev–Trinajstić information content (AvgIpc) is 3.75. The fraction of sp³-hybridized carbons (Fsp3) is 0.321. The summed E-state index contributed by atoms with van der Waals surface area (Å²) >= 11 is 6.79. The highest BCUT2D eigenvalue weighted by Gasteiger charge is 2.38. The van der Waals surface area contributed by atoms with Gasteiger partial charge in [-0.15, -0.1) is 0 Å². The molecule has 0 radical (unpaired) electrons. The third-order valence-electron chi connectivity index (χ3n) is 7.32. The quantitative estimate of drug-likeness (QED) is 0.396. The number of nitrogens with one attached hydrogen (secondary N) is 2. The fourth-order valence-corrected chi connectivity index (χ4v) is 5.41. The smallest absolute Gasteiger partial charge is 0.418 e. The van der Waals surface area contributed by atoms with Crippen LogP contribution in [0.4, 0.5) is 24.7 Å². The van der Waals surface area contributed by atoms with E-state index in [0.29, 0.717) is 22.1 Å². The molecular weight excluding hydrogens is 543 g/mol. The molecule has 2 aromatic heterocycles. The zero-order valence-electron chi connectivity index (χ0n) is 21.8. The van der Waals surface area contributed by atoms with Crippen molar-refractivity contribution in [3.63, 3.8) is 0 Å². The molecule has 12 heteroatoms. The van der Waals surface area contributed by atoms with Crippen LogP contribution in [0.1, 0.15) is 42.5 Å². The molecule has 0 bridgehead atoms. The molecule has 6 rings (SSSR count). The van der Waals surface area contributed by atoms with E-state index >= 15 is 0 Å². The molecule has 3 aliphatic rings. The second-order valence-corrected chi connectivity index (χ2v) is 10.6. The van der Waals surface area contributed by atoms with Crippen LogP contribution >= 0.6 is 11.6 Å². The Hall–Kier alpha value is -3.99. The predicted molar refractivity (Wildman–Crippen MR) is 146 cm³/mol. The number of aryl methyl sites for hydroxylation is 1. The Morgan fingerprint density at radius 1 is 1.25 bits per heavy atom. The standard InChI is InChI=1S/C28H27ClF3N7O/c1-14-7-21(33)38-25(23(14)28(30,31)32)19-9-20-22-26(24(19)29)36-13-37-27(22)39(5-6-40-20)15(2)17-8-18(12-34-11-17)35-10-16-3-4-16/h5-9,11-12,15-16,35,37H,3-4,10,13H2,1-2H3,(H2,33,38). The van der Waals surface area contributed by atoms with Gasteiger partial charge in [0.15, 0.2) is 0 Å². The Morgan fingerprint density at radius 3 is 2.80 bits per heavy atom. The molecule has 1 aliphatic carbocycles. The maximum absolute atomic E-state index is 14.1. The summed E-state index contributed by atoms with van der Waals surface area (Å²) < 4.78 is 48.3. The summed E-state index contributed by atoms with van der Waals surface area (Å²) in [5.41, 5.74) is 6.48. The van der Waals surface area contributed by atoms with Crippen LogP contribution in [0.25, 0.3) is 17.1 Å². The number of pyridine rings is 2. The van der Waals surface area contributed by atoms with Gasteiger partial charge in [-0.1, -0.05) is 11.6 Å². The minimum atomic E-state index is -4.67. The van der Waals surface area contributed by atoms with Crippen LogP contribution in [0, 0.1) is 12.8 Å². The Morgan fingerprint density at radius 2 is 2.05 bits per heavy atom. The number of alkyl halides is 3. The number of aromatic nitrogens is 2. The molecule has 1 saturated carbocycles. The van der Waals surface area contributed by atoms with Gasteiger partial charge < -0.3 is 26.0 Å². The number of anilines is 2. The molecule has 40 heavy (non-hydrogen) atoms. The van der Waals surface area contributed by atoms with Crippen LogP contribution < -0.4 is 31.7 Å². The molecule has 1 aromatic carbocycles. The Bertz CT molecular complexity index is 1650. The molecule has 2 aliphatic heterocycles. The number of halogens is 4. The fourth-order valence-electron chi connectivity index (χ4n) is 5.11. The van der Waals surface area contributed by atoms with Crippen molar-refractivity contribution in [3.05, 3.63) is 75.3 Å². The second kappa shape index (κ2) is 9.88. The Labute approximate surface area is 233 Å². The highest BCUT2D eigenvalue weighted by Crippen LogP contribution is 2.41. The van der Waals surface area contributed by atoms with E-state index in [1.165, 1.54) is 38.2 Å². The number of hydrogen-bond donors (Lipinski definition) is 3. The van der Waals surface area contributed by atoms with E-state index in [4.69, 9.17) is 22.1 Å². The molecule has 3 aromatic rings. The first-order valence-electron chi connectivity index (χ1n) is 12.9. The maximum Gasteiger partial charge on any atom is 0.418 e. The van der Waals surface area contributed by atoms with Gasteiger partial charge in [-0.05, 0) is 61.9 Å². The summed E-state index contributed by atoms with van der Waals surface area (Å²) in [6, 6.07) is 4.54. The first kappa shape index (κ1) is 26.2. The van der Waals surface area contributed by atoms with E-state index in [-0.39, 0.29) is 40.4 Å². The van der Waals surface area contributed by atoms with Gasteiger partial charge in [-0.25, -0.2) is 4.98 Å². The van der Waals surface area contributed by atoms with Gasteiger partial charge in [0.05, 0.1) is 38.6 Å². The lowest BCUT2D eigenvalue weighted by molar-refractivity contribution is -0.137. The number of nitrogens with two attached hydrogens (primary N) is 1. The minimum Gasteiger partial charge on any atom is -0.463 e. The Balaban J connectivity index is 1.47. The first-order valence-corrected chi connectivity index (χ1v) is 13.3. The molecule has 1 atom stereocenters. The number of hydrogen-bond acceptors (Lipinski definition) is 8. The number of nitrogen functional groups attached to an aromatic ring is 1. The predicted octanol–water partition coefficient (Wildman–Crippen LogP) is 4.70. The summed E-state index contributed by atoms with van der Waals surface area (Å²) in [7, 11) is 0. The zero-order valence-corrected chi connectivity index (χ0v) is 22.6. The zero-order chi connectivity index (χ0) is 28.2. The molecule has 208 valence electrons. The molecular formula is C28H27ClF3N7O. The highest BCUT2D eigenvalue weighted by molar-refractivity contribution is 6.33. The summed E-state index contributed by atoms with van der Waals surface area (Å²) in [5.74, 6) is 1.63. The van der Waals surface area contributed by atoms with Crippen LogP contribution in [-0.4, -0.2) is 28.1 Å². The first-order chi connectivity index (χ1) is 19.1. The molecule has 1 fully saturated rings. The maximum atomic E-state index is 14.1. The number of ether oxygens (including phenoxy) is 1. The van der Waals surface area contributed by atoms with Crippen molar-refractivity contribution in [2.24, 2.45) is 10.9 Å². The highest BCUT2D eigenvalue weighted by atomic mass is 35.5. The van der Waals surface area contributed by atoms with Gasteiger partial charge in [-0.2, -0.15) is 13.2 Å². The van der Waals surface area contributed by atoms with Crippen molar-refractivity contribution in [2.75, 3.05) is 24.3 Å². The number of rotatable bonds is 6. The van der Waals surface area contributed by atoms with Gasteiger partial charge in [0.1, 0.15) is 30.3 Å². The minimum absolute atomic E-state index is 0.0341. The van der Waals surface area contributed by atoms with Gasteiger partial charge in [0, 0.05) is 30.7 Å². The lowest BCUT2D eigenvalue weighted by Crippen LogP contribution is -2.44. The average molecular weight is 570 g/mol. The van der Waals surface area contributed by atoms with Crippen LogP contribution in [0.15, 0.2) is 48.0 Å². The van der Waals surface area contributed by atoms with Crippen molar-refractivity contribution in [1.29, 1.82) is 0 Å². The van der Waals surface area contributed by atoms with Crippen molar-refractivity contribution in [3.8, 4) is 17.0 Å². The van der Waals surface area contributed by atoms with Crippen LogP contribution in [0.5, 0.6) is 5.75 Å². The van der Waals surface area contributed by atoms with Crippen molar-refractivity contribution in [1.82, 2.24) is 20.2 Å². The molecule has 4 heterocycles. The topological polar surface area (TPSA) is 101 Å². The molecule has 1 unspecified atom stereocenters. The molecule has 4 N–H and O–H groups in total. The summed E-state index contributed by atoms with van der Waals surface area (Å²) in [4.78, 5) is 15.0. The van der Waals surface area contributed by atoms with Gasteiger partial charge >= 0.3 is 6.18 Å². The van der Waals surface area contributed by atoms with Crippen molar-refractivity contribution in [2.45, 2.75) is 38.9 Å². The van der Waals surface area contributed by atoms with E-state index in [9.17, 15) is 13.2 Å². The van der Waals surface area contributed by atoms with Crippen LogP contribution in [0.3, 0.4) is 0 Å². The molecule has 8 nitrogen and oxygen atoms in total. The van der Waals surface area contributed by atoms with E-state index in [0.717, 1.165) is 23.7 Å². The summed E-state index contributed by atoms with van der Waals surface area (Å²) in [6.07, 6.45) is 4.70. The third kappa shape index (κ3) is 4.78. The lowest BCUT2D eigenvalue weighted by atomic mass is 9.99. The number of benzene rings is 1. The van der Waals surface area contributed by atoms with Crippen LogP contribution in [-0.2, 0) is 6.18 Å². The van der Waals surface area contributed by atoms with Gasteiger partial charge in [-0.3, -0.25) is 9.98 Å².